The van der Waals surface area contributed by atoms with Crippen LogP contribution in [0.3, 0.4) is 0 Å². The van der Waals surface area contributed by atoms with Gasteiger partial charge < -0.3 is 10.6 Å². The van der Waals surface area contributed by atoms with Crippen LogP contribution < -0.4 is 10.6 Å². The monoisotopic (exact) mass is 254 g/mol. The van der Waals surface area contributed by atoms with Crippen LogP contribution in [-0.4, -0.2) is 24.4 Å². The smallest absolute Gasteiger partial charge is 0.141 e. The van der Waals surface area contributed by atoms with Gasteiger partial charge in [-0.2, -0.15) is 0 Å². The van der Waals surface area contributed by atoms with Crippen LogP contribution in [0.5, 0.6) is 0 Å². The average Bonchev–Trinajstić information content (AvgIpc) is 2.46. The van der Waals surface area contributed by atoms with Gasteiger partial charge in [-0.05, 0) is 24.1 Å². The molecule has 0 saturated heterocycles. The Hall–Kier alpha value is -2.36. The summed E-state index contributed by atoms with van der Waals surface area (Å²) in [6.45, 7) is 0.908. The quantitative estimate of drug-likeness (QED) is 0.634. The number of amidine groups is 1. The van der Waals surface area contributed by atoms with Crippen molar-refractivity contribution in [1.29, 1.82) is 5.41 Å². The van der Waals surface area contributed by atoms with E-state index in [1.165, 1.54) is 5.56 Å². The Morgan fingerprint density at radius 1 is 1.26 bits per heavy atom. The van der Waals surface area contributed by atoms with Crippen molar-refractivity contribution < 1.29 is 0 Å². The summed E-state index contributed by atoms with van der Waals surface area (Å²) in [4.78, 5) is 6.20. The third-order valence-corrected chi connectivity index (χ3v) is 3.04. The number of anilines is 1. The second kappa shape index (κ2) is 6.00. The lowest BCUT2D eigenvalue weighted by Gasteiger charge is -2.19. The Labute approximate surface area is 113 Å². The van der Waals surface area contributed by atoms with Crippen LogP contribution in [0.4, 0.5) is 5.69 Å². The highest BCUT2D eigenvalue weighted by Gasteiger charge is 2.04. The highest BCUT2D eigenvalue weighted by Crippen LogP contribution is 2.13. The molecule has 2 aromatic rings. The summed E-state index contributed by atoms with van der Waals surface area (Å²) in [6.07, 6.45) is 2.67. The summed E-state index contributed by atoms with van der Waals surface area (Å²) in [6, 6.07) is 14.1. The fourth-order valence-corrected chi connectivity index (χ4v) is 1.87. The van der Waals surface area contributed by atoms with Gasteiger partial charge in [0.05, 0.1) is 0 Å². The van der Waals surface area contributed by atoms with E-state index in [2.05, 4.69) is 34.1 Å². The highest BCUT2D eigenvalue weighted by molar-refractivity contribution is 5.93. The minimum atomic E-state index is -0.00157. The molecule has 2 rings (SSSR count). The first-order chi connectivity index (χ1) is 9.16. The normalized spacial score (nSPS) is 10.2. The van der Waals surface area contributed by atoms with Gasteiger partial charge >= 0.3 is 0 Å². The van der Waals surface area contributed by atoms with Crippen LogP contribution in [0.15, 0.2) is 48.7 Å². The van der Waals surface area contributed by atoms with Crippen LogP contribution in [-0.2, 0) is 6.42 Å². The van der Waals surface area contributed by atoms with Crippen LogP contribution in [0, 0.1) is 5.41 Å². The van der Waals surface area contributed by atoms with E-state index in [0.717, 1.165) is 18.7 Å². The SMILES string of the molecule is CN(CCc1ccccc1)c1ccnc(C(=N)N)c1. The molecule has 3 N–H and O–H groups in total. The molecule has 0 spiro atoms. The fraction of sp³-hybridized carbons (Fsp3) is 0.200. The van der Waals surface area contributed by atoms with Crippen molar-refractivity contribution in [3.05, 3.63) is 59.9 Å². The third-order valence-electron chi connectivity index (χ3n) is 3.04. The van der Waals surface area contributed by atoms with Crippen molar-refractivity contribution in [3.63, 3.8) is 0 Å². The van der Waals surface area contributed by atoms with Crippen molar-refractivity contribution in [1.82, 2.24) is 4.98 Å². The van der Waals surface area contributed by atoms with Gasteiger partial charge in [0.15, 0.2) is 0 Å². The first-order valence-electron chi connectivity index (χ1n) is 6.22. The van der Waals surface area contributed by atoms with E-state index in [1.807, 2.05) is 25.2 Å². The van der Waals surface area contributed by atoms with Gasteiger partial charge in [0.1, 0.15) is 11.5 Å². The zero-order valence-corrected chi connectivity index (χ0v) is 11.0. The zero-order valence-electron chi connectivity index (χ0n) is 11.0. The predicted octanol–water partition coefficient (Wildman–Crippen LogP) is 2.04. The number of likely N-dealkylation sites (N-methyl/N-ethyl adjacent to an activating group) is 1. The van der Waals surface area contributed by atoms with Crippen molar-refractivity contribution in [2.24, 2.45) is 5.73 Å². The zero-order chi connectivity index (χ0) is 13.7. The molecule has 1 heterocycles. The second-order valence-corrected chi connectivity index (χ2v) is 4.47. The predicted molar refractivity (Wildman–Crippen MR) is 78.7 cm³/mol. The van der Waals surface area contributed by atoms with E-state index in [0.29, 0.717) is 5.69 Å². The Balaban J connectivity index is 2.02. The van der Waals surface area contributed by atoms with Gasteiger partial charge in [0, 0.05) is 25.5 Å². The standard InChI is InChI=1S/C15H18N4/c1-19(10-8-12-5-3-2-4-6-12)13-7-9-18-14(11-13)15(16)17/h2-7,9,11H,8,10H2,1H3,(H3,16,17). The van der Waals surface area contributed by atoms with Gasteiger partial charge in [0.2, 0.25) is 0 Å². The number of aromatic nitrogens is 1. The van der Waals surface area contributed by atoms with Gasteiger partial charge in [-0.15, -0.1) is 0 Å². The molecule has 0 fully saturated rings. The van der Waals surface area contributed by atoms with E-state index in [9.17, 15) is 0 Å². The molecule has 4 heteroatoms. The minimum absolute atomic E-state index is 0.00157. The molecule has 0 bridgehead atoms. The van der Waals surface area contributed by atoms with Crippen molar-refractivity contribution in [2.75, 3.05) is 18.5 Å². The Bertz CT molecular complexity index is 551. The summed E-state index contributed by atoms with van der Waals surface area (Å²) in [5.41, 5.74) is 8.31. The molecule has 98 valence electrons. The number of hydrogen-bond acceptors (Lipinski definition) is 3. The van der Waals surface area contributed by atoms with Crippen LogP contribution >= 0.6 is 0 Å². The molecular formula is C15H18N4. The van der Waals surface area contributed by atoms with Crippen molar-refractivity contribution >= 4 is 11.5 Å². The topological polar surface area (TPSA) is 66.0 Å². The molecule has 4 nitrogen and oxygen atoms in total. The van der Waals surface area contributed by atoms with E-state index in [-0.39, 0.29) is 5.84 Å². The van der Waals surface area contributed by atoms with Gasteiger partial charge in [-0.25, -0.2) is 0 Å². The number of hydrogen-bond donors (Lipinski definition) is 2. The lowest BCUT2D eigenvalue weighted by Crippen LogP contribution is -2.21. The molecule has 0 amide bonds. The molecule has 0 aliphatic heterocycles. The largest absolute Gasteiger partial charge is 0.382 e. The number of nitrogen functional groups attached to an aromatic ring is 1. The maximum absolute atomic E-state index is 7.41. The van der Waals surface area contributed by atoms with E-state index in [1.54, 1.807) is 6.20 Å². The molecule has 0 atom stereocenters. The molecule has 1 aromatic carbocycles. The molecule has 0 aliphatic rings. The number of benzene rings is 1. The van der Waals surface area contributed by atoms with Crippen molar-refractivity contribution in [3.8, 4) is 0 Å². The molecule has 0 saturated carbocycles. The first kappa shape index (κ1) is 13.1. The number of rotatable bonds is 5. The Morgan fingerprint density at radius 2 is 2.00 bits per heavy atom. The summed E-state index contributed by atoms with van der Waals surface area (Å²) < 4.78 is 0. The van der Waals surface area contributed by atoms with E-state index < -0.39 is 0 Å². The maximum atomic E-state index is 7.41. The summed E-state index contributed by atoms with van der Waals surface area (Å²) >= 11 is 0. The fourth-order valence-electron chi connectivity index (χ4n) is 1.87. The average molecular weight is 254 g/mol. The molecule has 0 aliphatic carbocycles. The lowest BCUT2D eigenvalue weighted by atomic mass is 10.1. The molecule has 0 unspecified atom stereocenters. The minimum Gasteiger partial charge on any atom is -0.382 e. The van der Waals surface area contributed by atoms with Crippen LogP contribution in [0.1, 0.15) is 11.3 Å². The number of pyridine rings is 1. The van der Waals surface area contributed by atoms with E-state index in [4.69, 9.17) is 11.1 Å². The molecular weight excluding hydrogens is 236 g/mol. The van der Waals surface area contributed by atoms with Gasteiger partial charge in [-0.1, -0.05) is 30.3 Å². The summed E-state index contributed by atoms with van der Waals surface area (Å²) in [5.74, 6) is -0.00157. The maximum Gasteiger partial charge on any atom is 0.141 e. The van der Waals surface area contributed by atoms with E-state index >= 15 is 0 Å². The van der Waals surface area contributed by atoms with Gasteiger partial charge in [0.25, 0.3) is 0 Å². The number of nitrogens with two attached hydrogens (primary N) is 1. The highest BCUT2D eigenvalue weighted by atomic mass is 15.1. The molecule has 19 heavy (non-hydrogen) atoms. The third kappa shape index (κ3) is 3.55. The van der Waals surface area contributed by atoms with Crippen molar-refractivity contribution in [2.45, 2.75) is 6.42 Å². The van der Waals surface area contributed by atoms with Crippen LogP contribution in [0.25, 0.3) is 0 Å². The lowest BCUT2D eigenvalue weighted by molar-refractivity contribution is 0.875. The Morgan fingerprint density at radius 3 is 2.68 bits per heavy atom. The van der Waals surface area contributed by atoms with Gasteiger partial charge in [-0.3, -0.25) is 10.4 Å². The number of nitrogens with one attached hydrogen (secondary N) is 1. The molecule has 1 aromatic heterocycles. The number of nitrogens with zero attached hydrogens (tertiary/aromatic N) is 2. The summed E-state index contributed by atoms with van der Waals surface area (Å²) in [5, 5.41) is 7.41. The second-order valence-electron chi connectivity index (χ2n) is 4.47. The van der Waals surface area contributed by atoms with Crippen LogP contribution in [0.2, 0.25) is 0 Å². The summed E-state index contributed by atoms with van der Waals surface area (Å²) in [7, 11) is 2.03. The Kier molecular flexibility index (Phi) is 4.13. The first-order valence-corrected chi connectivity index (χ1v) is 6.22. The molecule has 0 radical (unpaired) electrons.